The van der Waals surface area contributed by atoms with Crippen LogP contribution in [0.25, 0.3) is 11.3 Å². The van der Waals surface area contributed by atoms with Crippen molar-refractivity contribution in [1.82, 2.24) is 4.98 Å². The normalized spacial score (nSPS) is 10.4. The van der Waals surface area contributed by atoms with Crippen molar-refractivity contribution < 1.29 is 10.2 Å². The number of benzene rings is 1. The highest BCUT2D eigenvalue weighted by Crippen LogP contribution is 2.34. The van der Waals surface area contributed by atoms with Gasteiger partial charge in [-0.1, -0.05) is 0 Å². The van der Waals surface area contributed by atoms with Crippen molar-refractivity contribution in [2.24, 2.45) is 0 Å². The molecule has 0 bridgehead atoms. The maximum atomic E-state index is 9.68. The van der Waals surface area contributed by atoms with Crippen molar-refractivity contribution in [3.8, 4) is 22.8 Å². The van der Waals surface area contributed by atoms with E-state index in [4.69, 9.17) is 0 Å². The highest BCUT2D eigenvalue weighted by atomic mass is 32.1. The molecule has 0 saturated heterocycles. The third-order valence-corrected chi connectivity index (χ3v) is 3.14. The smallest absolute Gasteiger partial charge is 0.185 e. The number of hydrogen-bond acceptors (Lipinski definition) is 5. The molecule has 0 aliphatic rings. The predicted molar refractivity (Wildman–Crippen MR) is 65.2 cm³/mol. The molecule has 2 aromatic rings. The van der Waals surface area contributed by atoms with Gasteiger partial charge in [-0.05, 0) is 12.1 Å². The average molecular weight is 236 g/mol. The molecule has 0 radical (unpaired) electrons. The van der Waals surface area contributed by atoms with Crippen LogP contribution >= 0.6 is 11.3 Å². The van der Waals surface area contributed by atoms with Gasteiger partial charge in [0.1, 0.15) is 11.5 Å². The molecule has 0 aliphatic carbocycles. The molecule has 1 heterocycles. The lowest BCUT2D eigenvalue weighted by Crippen LogP contribution is -2.07. The van der Waals surface area contributed by atoms with Crippen LogP contribution in [0.5, 0.6) is 11.5 Å². The first-order valence-electron chi connectivity index (χ1n) is 4.73. The van der Waals surface area contributed by atoms with E-state index in [1.165, 1.54) is 23.5 Å². The predicted octanol–water partition coefficient (Wildman–Crippen LogP) is 2.29. The molecule has 0 unspecified atom stereocenters. The number of aromatic nitrogens is 1. The van der Waals surface area contributed by atoms with Gasteiger partial charge in [-0.15, -0.1) is 11.3 Å². The van der Waals surface area contributed by atoms with Gasteiger partial charge in [0, 0.05) is 31.1 Å². The lowest BCUT2D eigenvalue weighted by atomic mass is 10.1. The molecule has 1 aromatic heterocycles. The Hall–Kier alpha value is -1.75. The van der Waals surface area contributed by atoms with Gasteiger partial charge in [0.25, 0.3) is 0 Å². The van der Waals surface area contributed by atoms with Crippen LogP contribution in [-0.4, -0.2) is 29.3 Å². The monoisotopic (exact) mass is 236 g/mol. The number of phenols is 2. The Labute approximate surface area is 97.4 Å². The summed E-state index contributed by atoms with van der Waals surface area (Å²) in [6.07, 6.45) is 0. The summed E-state index contributed by atoms with van der Waals surface area (Å²) >= 11 is 1.51. The summed E-state index contributed by atoms with van der Waals surface area (Å²) in [5, 5.41) is 21.6. The third-order valence-electron chi connectivity index (χ3n) is 2.13. The van der Waals surface area contributed by atoms with Gasteiger partial charge in [-0.3, -0.25) is 0 Å². The van der Waals surface area contributed by atoms with Crippen LogP contribution in [0, 0.1) is 0 Å². The van der Waals surface area contributed by atoms with E-state index in [0.29, 0.717) is 11.3 Å². The molecule has 0 spiro atoms. The van der Waals surface area contributed by atoms with Crippen molar-refractivity contribution in [1.29, 1.82) is 0 Å². The van der Waals surface area contributed by atoms with Gasteiger partial charge in [0.15, 0.2) is 5.13 Å². The highest BCUT2D eigenvalue weighted by molar-refractivity contribution is 7.14. The van der Waals surface area contributed by atoms with Crippen LogP contribution in [-0.2, 0) is 0 Å². The van der Waals surface area contributed by atoms with E-state index < -0.39 is 0 Å². The Morgan fingerprint density at radius 2 is 2.00 bits per heavy atom. The molecule has 5 heteroatoms. The Kier molecular flexibility index (Phi) is 2.70. The fourth-order valence-corrected chi connectivity index (χ4v) is 2.09. The fraction of sp³-hybridized carbons (Fsp3) is 0.182. The van der Waals surface area contributed by atoms with E-state index >= 15 is 0 Å². The standard InChI is InChI=1S/C11H12N2O2S/c1-13(2)11-12-9(6-16-11)8-4-3-7(14)5-10(8)15/h3-6,14-15H,1-2H3. The van der Waals surface area contributed by atoms with E-state index in [1.807, 2.05) is 24.4 Å². The Balaban J connectivity index is 2.42. The van der Waals surface area contributed by atoms with Gasteiger partial charge in [-0.2, -0.15) is 0 Å². The van der Waals surface area contributed by atoms with E-state index in [2.05, 4.69) is 4.98 Å². The molecule has 0 aliphatic heterocycles. The molecule has 0 atom stereocenters. The van der Waals surface area contributed by atoms with Gasteiger partial charge >= 0.3 is 0 Å². The summed E-state index contributed by atoms with van der Waals surface area (Å²) < 4.78 is 0. The Morgan fingerprint density at radius 3 is 2.56 bits per heavy atom. The van der Waals surface area contributed by atoms with Crippen molar-refractivity contribution in [3.63, 3.8) is 0 Å². The summed E-state index contributed by atoms with van der Waals surface area (Å²) in [5.41, 5.74) is 1.34. The minimum atomic E-state index is 0.0376. The lowest BCUT2D eigenvalue weighted by Gasteiger charge is -2.06. The molecule has 0 fully saturated rings. The first-order valence-corrected chi connectivity index (χ1v) is 5.61. The number of rotatable bonds is 2. The largest absolute Gasteiger partial charge is 0.508 e. The average Bonchev–Trinajstić information content (AvgIpc) is 2.66. The second-order valence-electron chi connectivity index (χ2n) is 3.61. The van der Waals surface area contributed by atoms with Crippen molar-refractivity contribution in [2.75, 3.05) is 19.0 Å². The zero-order valence-electron chi connectivity index (χ0n) is 9.01. The summed E-state index contributed by atoms with van der Waals surface area (Å²) in [6.45, 7) is 0. The number of thiazole rings is 1. The fourth-order valence-electron chi connectivity index (χ4n) is 1.33. The molecule has 4 nitrogen and oxygen atoms in total. The molecule has 84 valence electrons. The Bertz CT molecular complexity index is 508. The van der Waals surface area contributed by atoms with Crippen LogP contribution in [0.3, 0.4) is 0 Å². The van der Waals surface area contributed by atoms with Crippen LogP contribution in [0.4, 0.5) is 5.13 Å². The first-order chi connectivity index (χ1) is 7.58. The maximum Gasteiger partial charge on any atom is 0.185 e. The third kappa shape index (κ3) is 1.94. The minimum Gasteiger partial charge on any atom is -0.508 e. The van der Waals surface area contributed by atoms with E-state index in [0.717, 1.165) is 5.13 Å². The number of nitrogens with zero attached hydrogens (tertiary/aromatic N) is 2. The summed E-state index contributed by atoms with van der Waals surface area (Å²) in [6, 6.07) is 4.49. The molecule has 0 saturated carbocycles. The zero-order chi connectivity index (χ0) is 11.7. The maximum absolute atomic E-state index is 9.68. The van der Waals surface area contributed by atoms with Crippen LogP contribution in [0.2, 0.25) is 0 Å². The quantitative estimate of drug-likeness (QED) is 0.840. The van der Waals surface area contributed by atoms with E-state index in [1.54, 1.807) is 6.07 Å². The van der Waals surface area contributed by atoms with Crippen molar-refractivity contribution in [2.45, 2.75) is 0 Å². The number of hydrogen-bond donors (Lipinski definition) is 2. The molecule has 2 N–H and O–H groups in total. The molecule has 2 rings (SSSR count). The molecule has 0 amide bonds. The van der Waals surface area contributed by atoms with E-state index in [9.17, 15) is 10.2 Å². The van der Waals surface area contributed by atoms with Gasteiger partial charge in [-0.25, -0.2) is 4.98 Å². The number of anilines is 1. The van der Waals surface area contributed by atoms with Crippen LogP contribution in [0.1, 0.15) is 0 Å². The second kappa shape index (κ2) is 4.02. The molecule has 1 aromatic carbocycles. The molecular formula is C11H12N2O2S. The van der Waals surface area contributed by atoms with Crippen molar-refractivity contribution in [3.05, 3.63) is 23.6 Å². The highest BCUT2D eigenvalue weighted by Gasteiger charge is 2.10. The van der Waals surface area contributed by atoms with Gasteiger partial charge < -0.3 is 15.1 Å². The SMILES string of the molecule is CN(C)c1nc(-c2ccc(O)cc2O)cs1. The first kappa shape index (κ1) is 10.8. The topological polar surface area (TPSA) is 56.6 Å². The number of aromatic hydroxyl groups is 2. The molecular weight excluding hydrogens is 224 g/mol. The van der Waals surface area contributed by atoms with Crippen molar-refractivity contribution >= 4 is 16.5 Å². The second-order valence-corrected chi connectivity index (χ2v) is 4.45. The van der Waals surface area contributed by atoms with Gasteiger partial charge in [0.05, 0.1) is 5.69 Å². The number of phenolic OH excluding ortho intramolecular Hbond substituents is 2. The van der Waals surface area contributed by atoms with Crippen LogP contribution in [0.15, 0.2) is 23.6 Å². The lowest BCUT2D eigenvalue weighted by molar-refractivity contribution is 0.452. The minimum absolute atomic E-state index is 0.0376. The van der Waals surface area contributed by atoms with E-state index in [-0.39, 0.29) is 11.5 Å². The summed E-state index contributed by atoms with van der Waals surface area (Å²) in [4.78, 5) is 6.28. The van der Waals surface area contributed by atoms with Gasteiger partial charge in [0.2, 0.25) is 0 Å². The summed E-state index contributed by atoms with van der Waals surface area (Å²) in [7, 11) is 3.83. The zero-order valence-corrected chi connectivity index (χ0v) is 9.82. The summed E-state index contributed by atoms with van der Waals surface area (Å²) in [5.74, 6) is 0.0833. The Morgan fingerprint density at radius 1 is 1.25 bits per heavy atom. The van der Waals surface area contributed by atoms with Crippen LogP contribution < -0.4 is 4.90 Å². The molecule has 16 heavy (non-hydrogen) atoms.